The zero-order chi connectivity index (χ0) is 19.5. The fourth-order valence-electron chi connectivity index (χ4n) is 3.44. The molecule has 1 aromatic heterocycles. The summed E-state index contributed by atoms with van der Waals surface area (Å²) in [5.74, 6) is -0.402. The van der Waals surface area contributed by atoms with Gasteiger partial charge in [-0.1, -0.05) is 36.4 Å². The van der Waals surface area contributed by atoms with E-state index in [1.165, 1.54) is 0 Å². The summed E-state index contributed by atoms with van der Waals surface area (Å²) in [6.07, 6.45) is 0. The first kappa shape index (κ1) is 18.3. The van der Waals surface area contributed by atoms with Crippen molar-refractivity contribution in [3.8, 4) is 5.88 Å². The average Bonchev–Trinajstić information content (AvgIpc) is 3.00. The van der Waals surface area contributed by atoms with Crippen LogP contribution in [0, 0.1) is 0 Å². The summed E-state index contributed by atoms with van der Waals surface area (Å²) in [6.45, 7) is 4.44. The zero-order valence-electron chi connectivity index (χ0n) is 15.8. The molecular formula is C21H23N5O2. The first-order valence-electron chi connectivity index (χ1n) is 9.35. The minimum atomic E-state index is -0.434. The number of likely N-dealkylation sites (N-methyl/N-ethyl adjacent to an activating group) is 1. The van der Waals surface area contributed by atoms with Gasteiger partial charge in [-0.05, 0) is 25.2 Å². The third-order valence-corrected chi connectivity index (χ3v) is 5.12. The summed E-state index contributed by atoms with van der Waals surface area (Å²) in [7, 11) is 2.11. The molecule has 2 aromatic carbocycles. The van der Waals surface area contributed by atoms with Crippen molar-refractivity contribution in [3.05, 3.63) is 60.2 Å². The maximum Gasteiger partial charge on any atom is 0.295 e. The molecule has 2 heterocycles. The van der Waals surface area contributed by atoms with Crippen LogP contribution in [-0.2, 0) is 6.67 Å². The number of hydrogen-bond acceptors (Lipinski definition) is 5. The molecule has 0 aliphatic carbocycles. The second-order valence-electron chi connectivity index (χ2n) is 7.05. The molecule has 0 saturated carbocycles. The molecule has 7 nitrogen and oxygen atoms in total. The predicted octanol–water partition coefficient (Wildman–Crippen LogP) is 3.48. The Morgan fingerprint density at radius 3 is 2.43 bits per heavy atom. The van der Waals surface area contributed by atoms with E-state index in [1.54, 1.807) is 24.3 Å². The number of piperazine rings is 1. The van der Waals surface area contributed by atoms with E-state index in [-0.39, 0.29) is 5.88 Å². The number of fused-ring (bicyclic) bond motifs is 1. The molecule has 0 spiro atoms. The lowest BCUT2D eigenvalue weighted by molar-refractivity contribution is 0.0995. The van der Waals surface area contributed by atoms with Crippen molar-refractivity contribution in [2.75, 3.05) is 33.2 Å². The van der Waals surface area contributed by atoms with Crippen LogP contribution in [0.3, 0.4) is 0 Å². The molecule has 0 bridgehead atoms. The second kappa shape index (κ2) is 7.92. The summed E-state index contributed by atoms with van der Waals surface area (Å²) in [5, 5.41) is 19.6. The number of amides is 1. The Labute approximate surface area is 163 Å². The SMILES string of the molecule is CN1CCN(Cn2c(O)c(N=NC(=O)c3ccccc3)c3ccccc32)CC1. The lowest BCUT2D eigenvalue weighted by atomic mass is 10.2. The van der Waals surface area contributed by atoms with E-state index in [4.69, 9.17) is 0 Å². The molecule has 0 atom stereocenters. The Morgan fingerprint density at radius 2 is 1.68 bits per heavy atom. The lowest BCUT2D eigenvalue weighted by Gasteiger charge is -2.32. The number of azo groups is 1. The minimum Gasteiger partial charge on any atom is -0.493 e. The zero-order valence-corrected chi connectivity index (χ0v) is 15.8. The summed E-state index contributed by atoms with van der Waals surface area (Å²) in [6, 6.07) is 16.4. The molecule has 0 radical (unpaired) electrons. The van der Waals surface area contributed by atoms with Crippen LogP contribution in [0.5, 0.6) is 5.88 Å². The monoisotopic (exact) mass is 377 g/mol. The van der Waals surface area contributed by atoms with E-state index in [0.717, 1.165) is 37.1 Å². The van der Waals surface area contributed by atoms with Crippen LogP contribution in [0.4, 0.5) is 5.69 Å². The minimum absolute atomic E-state index is 0.0322. The third-order valence-electron chi connectivity index (χ3n) is 5.12. The average molecular weight is 377 g/mol. The van der Waals surface area contributed by atoms with Crippen molar-refractivity contribution < 1.29 is 9.90 Å². The molecule has 1 aliphatic heterocycles. The van der Waals surface area contributed by atoms with E-state index >= 15 is 0 Å². The van der Waals surface area contributed by atoms with Crippen LogP contribution in [0.15, 0.2) is 64.8 Å². The standard InChI is InChI=1S/C21H23N5O2/c1-24-11-13-25(14-12-24)15-26-18-10-6-5-9-17(18)19(21(26)28)22-23-20(27)16-7-3-2-4-8-16/h2-10,28H,11-15H2,1H3. The molecule has 1 amide bonds. The fourth-order valence-corrected chi connectivity index (χ4v) is 3.44. The number of nitrogens with zero attached hydrogens (tertiary/aromatic N) is 5. The van der Waals surface area contributed by atoms with Gasteiger partial charge in [-0.25, -0.2) is 0 Å². The molecule has 1 N–H and O–H groups in total. The highest BCUT2D eigenvalue weighted by Gasteiger charge is 2.20. The smallest absolute Gasteiger partial charge is 0.295 e. The van der Waals surface area contributed by atoms with E-state index in [9.17, 15) is 9.90 Å². The number of hydrogen-bond donors (Lipinski definition) is 1. The Kier molecular flexibility index (Phi) is 5.18. The molecule has 7 heteroatoms. The van der Waals surface area contributed by atoms with Crippen LogP contribution >= 0.6 is 0 Å². The topological polar surface area (TPSA) is 73.4 Å². The van der Waals surface area contributed by atoms with Crippen LogP contribution in [0.1, 0.15) is 10.4 Å². The molecule has 3 aromatic rings. The second-order valence-corrected chi connectivity index (χ2v) is 7.05. The number of aromatic hydroxyl groups is 1. The van der Waals surface area contributed by atoms with Gasteiger partial charge < -0.3 is 10.0 Å². The molecule has 1 saturated heterocycles. The first-order chi connectivity index (χ1) is 13.6. The summed E-state index contributed by atoms with van der Waals surface area (Å²) in [4.78, 5) is 16.8. The number of carbonyl (C=O) groups excluding carboxylic acids is 1. The van der Waals surface area contributed by atoms with Crippen molar-refractivity contribution in [2.24, 2.45) is 10.2 Å². The van der Waals surface area contributed by atoms with E-state index in [0.29, 0.717) is 17.9 Å². The number of aromatic nitrogens is 1. The normalized spacial score (nSPS) is 16.2. The molecule has 1 aliphatic rings. The largest absolute Gasteiger partial charge is 0.493 e. The van der Waals surface area contributed by atoms with Gasteiger partial charge in [0.2, 0.25) is 5.88 Å². The van der Waals surface area contributed by atoms with Gasteiger partial charge in [-0.15, -0.1) is 10.2 Å². The molecular weight excluding hydrogens is 354 g/mol. The summed E-state index contributed by atoms with van der Waals surface area (Å²) >= 11 is 0. The van der Waals surface area contributed by atoms with E-state index in [2.05, 4.69) is 27.1 Å². The quantitative estimate of drug-likeness (QED) is 0.707. The third kappa shape index (κ3) is 3.67. The van der Waals surface area contributed by atoms with Crippen molar-refractivity contribution >= 4 is 22.5 Å². The highest BCUT2D eigenvalue weighted by molar-refractivity contribution is 5.97. The van der Waals surface area contributed by atoms with Crippen molar-refractivity contribution in [1.29, 1.82) is 0 Å². The van der Waals surface area contributed by atoms with Crippen molar-refractivity contribution in [1.82, 2.24) is 14.4 Å². The van der Waals surface area contributed by atoms with E-state index < -0.39 is 5.91 Å². The summed E-state index contributed by atoms with van der Waals surface area (Å²) < 4.78 is 1.84. The molecule has 1 fully saturated rings. The maximum atomic E-state index is 12.3. The number of benzene rings is 2. The molecule has 4 rings (SSSR count). The van der Waals surface area contributed by atoms with Crippen molar-refractivity contribution in [3.63, 3.8) is 0 Å². The Bertz CT molecular complexity index is 1000. The van der Waals surface area contributed by atoms with Gasteiger partial charge in [0.15, 0.2) is 5.69 Å². The van der Waals surface area contributed by atoms with Crippen molar-refractivity contribution in [2.45, 2.75) is 6.67 Å². The van der Waals surface area contributed by atoms with Crippen LogP contribution in [0.2, 0.25) is 0 Å². The fraction of sp³-hybridized carbons (Fsp3) is 0.286. The highest BCUT2D eigenvalue weighted by Crippen LogP contribution is 2.39. The van der Waals surface area contributed by atoms with Gasteiger partial charge in [-0.2, -0.15) is 0 Å². The first-order valence-corrected chi connectivity index (χ1v) is 9.35. The van der Waals surface area contributed by atoms with Crippen LogP contribution in [-0.4, -0.2) is 58.6 Å². The van der Waals surface area contributed by atoms with Crippen LogP contribution < -0.4 is 0 Å². The highest BCUT2D eigenvalue weighted by atomic mass is 16.3. The Balaban J connectivity index is 1.64. The van der Waals surface area contributed by atoms with E-state index in [1.807, 2.05) is 34.9 Å². The molecule has 144 valence electrons. The maximum absolute atomic E-state index is 12.3. The Hall–Kier alpha value is -3.03. The van der Waals surface area contributed by atoms with Gasteiger partial charge in [-0.3, -0.25) is 14.3 Å². The number of para-hydroxylation sites is 1. The summed E-state index contributed by atoms with van der Waals surface area (Å²) in [5.41, 5.74) is 1.67. The van der Waals surface area contributed by atoms with Gasteiger partial charge >= 0.3 is 0 Å². The lowest BCUT2D eigenvalue weighted by Crippen LogP contribution is -2.44. The molecule has 28 heavy (non-hydrogen) atoms. The van der Waals surface area contributed by atoms with Gasteiger partial charge in [0.1, 0.15) is 0 Å². The van der Waals surface area contributed by atoms with Gasteiger partial charge in [0, 0.05) is 37.1 Å². The predicted molar refractivity (Wildman–Crippen MR) is 108 cm³/mol. The van der Waals surface area contributed by atoms with Crippen LogP contribution in [0.25, 0.3) is 10.9 Å². The van der Waals surface area contributed by atoms with Gasteiger partial charge in [0.05, 0.1) is 12.2 Å². The number of carbonyl (C=O) groups is 1. The van der Waals surface area contributed by atoms with Gasteiger partial charge in [0.25, 0.3) is 5.91 Å². The number of rotatable bonds is 4. The molecule has 0 unspecified atom stereocenters. The Morgan fingerprint density at radius 1 is 1.00 bits per heavy atom.